The van der Waals surface area contributed by atoms with Gasteiger partial charge in [-0.05, 0) is 36.4 Å². The maximum absolute atomic E-state index is 13.0. The Morgan fingerprint density at radius 3 is 2.33 bits per heavy atom. The summed E-state index contributed by atoms with van der Waals surface area (Å²) >= 11 is 11.6. The van der Waals surface area contributed by atoms with Gasteiger partial charge in [0.1, 0.15) is 0 Å². The van der Waals surface area contributed by atoms with E-state index in [4.69, 9.17) is 23.2 Å². The Balaban J connectivity index is 1.95. The van der Waals surface area contributed by atoms with Crippen molar-refractivity contribution in [2.24, 2.45) is 5.92 Å². The van der Waals surface area contributed by atoms with Gasteiger partial charge in [0.15, 0.2) is 0 Å². The number of carbonyl (C=O) groups excluding carboxylic acids is 2. The highest BCUT2D eigenvalue weighted by atomic mass is 35.5. The largest absolute Gasteiger partial charge is 0.417 e. The Morgan fingerprint density at radius 2 is 1.77 bits per heavy atom. The molecule has 0 bridgehead atoms. The van der Waals surface area contributed by atoms with Crippen LogP contribution in [0.25, 0.3) is 0 Å². The maximum atomic E-state index is 13.0. The highest BCUT2D eigenvalue weighted by Gasteiger charge is 2.42. The number of halogens is 5. The number of benzene rings is 2. The van der Waals surface area contributed by atoms with Crippen LogP contribution < -0.4 is 9.62 Å². The molecule has 1 aliphatic heterocycles. The van der Waals surface area contributed by atoms with E-state index in [0.29, 0.717) is 10.4 Å². The SMILES string of the molecule is CC1CS(=O)(=O)N(c2ccc(Cl)c(C(=O)Nc3ccc(Cl)c(C(F)(F)F)c3)c2)C1=O. The number of carbonyl (C=O) groups is 2. The van der Waals surface area contributed by atoms with E-state index in [1.807, 2.05) is 0 Å². The Labute approximate surface area is 179 Å². The van der Waals surface area contributed by atoms with Gasteiger partial charge < -0.3 is 5.32 Å². The molecule has 0 radical (unpaired) electrons. The van der Waals surface area contributed by atoms with Gasteiger partial charge in [-0.15, -0.1) is 0 Å². The second-order valence-electron chi connectivity index (χ2n) is 6.59. The summed E-state index contributed by atoms with van der Waals surface area (Å²) in [5.74, 6) is -2.68. The first-order valence-electron chi connectivity index (χ1n) is 8.36. The van der Waals surface area contributed by atoms with Crippen molar-refractivity contribution in [3.63, 3.8) is 0 Å². The molecule has 6 nitrogen and oxygen atoms in total. The standard InChI is InChI=1S/C18H13Cl2F3N2O4S/c1-9-8-30(28,29)25(17(9)27)11-3-5-14(19)12(7-11)16(26)24-10-2-4-15(20)13(6-10)18(21,22)23/h2-7,9H,8H2,1H3,(H,24,26). The van der Waals surface area contributed by atoms with Crippen LogP contribution in [-0.2, 0) is 21.0 Å². The molecule has 12 heteroatoms. The predicted octanol–water partition coefficient (Wildman–Crippen LogP) is 4.58. The fraction of sp³-hybridized carbons (Fsp3) is 0.222. The Kier molecular flexibility index (Phi) is 5.78. The van der Waals surface area contributed by atoms with Gasteiger partial charge in [-0.2, -0.15) is 13.2 Å². The first-order chi connectivity index (χ1) is 13.8. The first-order valence-corrected chi connectivity index (χ1v) is 10.7. The number of amides is 2. The van der Waals surface area contributed by atoms with E-state index in [9.17, 15) is 31.2 Å². The average molecular weight is 481 g/mol. The zero-order valence-electron chi connectivity index (χ0n) is 15.1. The Morgan fingerprint density at radius 1 is 1.13 bits per heavy atom. The minimum absolute atomic E-state index is 0.0849. The lowest BCUT2D eigenvalue weighted by molar-refractivity contribution is -0.137. The van der Waals surface area contributed by atoms with Crippen LogP contribution >= 0.6 is 23.2 Å². The molecular weight excluding hydrogens is 468 g/mol. The van der Waals surface area contributed by atoms with Gasteiger partial charge in [-0.3, -0.25) is 9.59 Å². The lowest BCUT2D eigenvalue weighted by Gasteiger charge is -2.17. The van der Waals surface area contributed by atoms with Crippen molar-refractivity contribution in [1.82, 2.24) is 0 Å². The van der Waals surface area contributed by atoms with Crippen LogP contribution in [0.4, 0.5) is 24.5 Å². The van der Waals surface area contributed by atoms with E-state index in [2.05, 4.69) is 5.32 Å². The zero-order valence-corrected chi connectivity index (χ0v) is 17.5. The van der Waals surface area contributed by atoms with Crippen molar-refractivity contribution < 1.29 is 31.2 Å². The van der Waals surface area contributed by atoms with Crippen LogP contribution in [0.15, 0.2) is 36.4 Å². The molecule has 2 amide bonds. The fourth-order valence-corrected chi connectivity index (χ4v) is 5.16. The molecule has 0 spiro atoms. The third kappa shape index (κ3) is 4.26. The molecule has 30 heavy (non-hydrogen) atoms. The number of rotatable bonds is 3. The lowest BCUT2D eigenvalue weighted by Crippen LogP contribution is -2.30. The Hall–Kier alpha value is -2.30. The molecule has 1 heterocycles. The molecule has 3 rings (SSSR count). The summed E-state index contributed by atoms with van der Waals surface area (Å²) in [6.45, 7) is 1.46. The normalized spacial score (nSPS) is 18.5. The first kappa shape index (κ1) is 22.4. The van der Waals surface area contributed by atoms with Crippen LogP contribution in [-0.4, -0.2) is 26.0 Å². The predicted molar refractivity (Wildman–Crippen MR) is 106 cm³/mol. The quantitative estimate of drug-likeness (QED) is 0.696. The van der Waals surface area contributed by atoms with Gasteiger partial charge in [-0.25, -0.2) is 12.7 Å². The molecule has 0 aromatic heterocycles. The summed E-state index contributed by atoms with van der Waals surface area (Å²) in [6.07, 6.45) is -4.73. The molecule has 1 saturated heterocycles. The summed E-state index contributed by atoms with van der Waals surface area (Å²) < 4.78 is 64.1. The van der Waals surface area contributed by atoms with Gasteiger partial charge >= 0.3 is 6.18 Å². The van der Waals surface area contributed by atoms with E-state index in [0.717, 1.165) is 12.1 Å². The fourth-order valence-electron chi connectivity index (χ4n) is 2.92. The van der Waals surface area contributed by atoms with Crippen LogP contribution in [0, 0.1) is 5.92 Å². The van der Waals surface area contributed by atoms with Crippen molar-refractivity contribution in [3.8, 4) is 0 Å². The second-order valence-corrected chi connectivity index (χ2v) is 9.27. The number of nitrogens with one attached hydrogen (secondary N) is 1. The van der Waals surface area contributed by atoms with Gasteiger partial charge in [0.05, 0.1) is 38.5 Å². The van der Waals surface area contributed by atoms with Crippen molar-refractivity contribution in [2.75, 3.05) is 15.4 Å². The van der Waals surface area contributed by atoms with E-state index in [1.54, 1.807) is 0 Å². The number of nitrogens with zero attached hydrogens (tertiary/aromatic N) is 1. The molecule has 1 aliphatic rings. The van der Waals surface area contributed by atoms with Crippen molar-refractivity contribution >= 4 is 56.4 Å². The number of sulfonamides is 1. The molecule has 160 valence electrons. The highest BCUT2D eigenvalue weighted by molar-refractivity contribution is 7.94. The lowest BCUT2D eigenvalue weighted by atomic mass is 10.1. The molecule has 0 saturated carbocycles. The topological polar surface area (TPSA) is 83.6 Å². The van der Waals surface area contributed by atoms with Gasteiger partial charge in [-0.1, -0.05) is 30.1 Å². The monoisotopic (exact) mass is 480 g/mol. The molecule has 2 aromatic carbocycles. The molecule has 2 aromatic rings. The van der Waals surface area contributed by atoms with Gasteiger partial charge in [0.2, 0.25) is 15.9 Å². The van der Waals surface area contributed by atoms with Crippen molar-refractivity contribution in [2.45, 2.75) is 13.1 Å². The minimum Gasteiger partial charge on any atom is -0.322 e. The molecule has 1 unspecified atom stereocenters. The highest BCUT2D eigenvalue weighted by Crippen LogP contribution is 2.36. The van der Waals surface area contributed by atoms with Crippen LogP contribution in [0.2, 0.25) is 10.0 Å². The number of alkyl halides is 3. The third-order valence-corrected chi connectivity index (χ3v) is 6.85. The van der Waals surface area contributed by atoms with E-state index in [1.165, 1.54) is 25.1 Å². The number of hydrogen-bond donors (Lipinski definition) is 1. The van der Waals surface area contributed by atoms with Gasteiger partial charge in [0.25, 0.3) is 5.91 Å². The summed E-state index contributed by atoms with van der Waals surface area (Å²) in [7, 11) is -3.91. The smallest absolute Gasteiger partial charge is 0.322 e. The third-order valence-electron chi connectivity index (χ3n) is 4.32. The minimum atomic E-state index is -4.73. The number of anilines is 2. The van der Waals surface area contributed by atoms with Crippen molar-refractivity contribution in [3.05, 3.63) is 57.6 Å². The van der Waals surface area contributed by atoms with E-state index in [-0.39, 0.29) is 27.7 Å². The molecular formula is C18H13Cl2F3N2O4S. The average Bonchev–Trinajstić information content (AvgIpc) is 2.83. The molecule has 1 N–H and O–H groups in total. The van der Waals surface area contributed by atoms with Gasteiger partial charge in [0, 0.05) is 5.69 Å². The van der Waals surface area contributed by atoms with E-state index >= 15 is 0 Å². The number of hydrogen-bond acceptors (Lipinski definition) is 4. The Bertz CT molecular complexity index is 1150. The van der Waals surface area contributed by atoms with E-state index < -0.39 is 44.5 Å². The van der Waals surface area contributed by atoms with Crippen molar-refractivity contribution in [1.29, 1.82) is 0 Å². The second kappa shape index (κ2) is 7.75. The summed E-state index contributed by atoms with van der Waals surface area (Å²) in [5.41, 5.74) is -1.65. The van der Waals surface area contributed by atoms with Crippen LogP contribution in [0.3, 0.4) is 0 Å². The maximum Gasteiger partial charge on any atom is 0.417 e. The summed E-state index contributed by atoms with van der Waals surface area (Å²) in [6, 6.07) is 6.38. The summed E-state index contributed by atoms with van der Waals surface area (Å²) in [4.78, 5) is 24.8. The zero-order chi connectivity index (χ0) is 22.4. The van der Waals surface area contributed by atoms with Crippen LogP contribution in [0.1, 0.15) is 22.8 Å². The summed E-state index contributed by atoms with van der Waals surface area (Å²) in [5, 5.41) is 1.64. The van der Waals surface area contributed by atoms with Crippen LogP contribution in [0.5, 0.6) is 0 Å². The molecule has 0 aliphatic carbocycles. The molecule has 1 atom stereocenters. The molecule has 1 fully saturated rings.